The second-order valence-electron chi connectivity index (χ2n) is 6.07. The van der Waals surface area contributed by atoms with Crippen LogP contribution in [0.4, 0.5) is 10.7 Å². The van der Waals surface area contributed by atoms with Crippen LogP contribution >= 0.6 is 11.6 Å². The highest BCUT2D eigenvalue weighted by Gasteiger charge is 2.27. The molecule has 1 N–H and O–H groups in total. The molecule has 1 amide bonds. The Hall–Kier alpha value is -1.63. The van der Waals surface area contributed by atoms with E-state index in [1.807, 2.05) is 25.7 Å². The Bertz CT molecular complexity index is 532. The predicted octanol–water partition coefficient (Wildman–Crippen LogP) is 1.94. The fourth-order valence-electron chi connectivity index (χ4n) is 2.05. The smallest absolute Gasteiger partial charge is 0.407 e. The number of amides is 1. The Labute approximate surface area is 129 Å². The Morgan fingerprint density at radius 3 is 2.76 bits per heavy atom. The number of rotatable bonds is 2. The van der Waals surface area contributed by atoms with Gasteiger partial charge >= 0.3 is 6.09 Å². The van der Waals surface area contributed by atoms with Gasteiger partial charge < -0.3 is 15.0 Å². The minimum atomic E-state index is -0.497. The van der Waals surface area contributed by atoms with Crippen LogP contribution in [0.25, 0.3) is 0 Å². The van der Waals surface area contributed by atoms with E-state index in [9.17, 15) is 4.79 Å². The molecule has 2 heterocycles. The zero-order valence-corrected chi connectivity index (χ0v) is 13.4. The number of halogens is 1. The number of hydrogen-bond donors (Lipinski definition) is 1. The zero-order chi connectivity index (χ0) is 15.6. The molecule has 0 aliphatic carbocycles. The summed E-state index contributed by atoms with van der Waals surface area (Å²) >= 11 is 5.82. The molecule has 0 aromatic carbocycles. The Morgan fingerprint density at radius 1 is 1.43 bits per heavy atom. The van der Waals surface area contributed by atoms with E-state index in [0.29, 0.717) is 23.3 Å². The molecule has 1 aliphatic rings. The van der Waals surface area contributed by atoms with Gasteiger partial charge in [0.15, 0.2) is 5.15 Å². The minimum Gasteiger partial charge on any atom is -0.444 e. The molecule has 1 aromatic heterocycles. The largest absolute Gasteiger partial charge is 0.444 e. The molecule has 116 valence electrons. The van der Waals surface area contributed by atoms with Crippen molar-refractivity contribution in [3.05, 3.63) is 10.8 Å². The van der Waals surface area contributed by atoms with Crippen molar-refractivity contribution in [2.75, 3.05) is 18.0 Å². The van der Waals surface area contributed by atoms with Crippen LogP contribution in [0.3, 0.4) is 0 Å². The molecule has 1 atom stereocenters. The van der Waals surface area contributed by atoms with E-state index in [2.05, 4.69) is 20.5 Å². The fraction of sp³-hybridized carbons (Fsp3) is 0.692. The molecular formula is C13H20ClN5O2. The summed E-state index contributed by atoms with van der Waals surface area (Å²) in [6.07, 6.45) is 0.408. The molecule has 2 rings (SSSR count). The van der Waals surface area contributed by atoms with Crippen LogP contribution in [0.15, 0.2) is 0 Å². The summed E-state index contributed by atoms with van der Waals surface area (Å²) in [7, 11) is 0. The van der Waals surface area contributed by atoms with Gasteiger partial charge in [-0.1, -0.05) is 11.6 Å². The van der Waals surface area contributed by atoms with Crippen molar-refractivity contribution in [1.82, 2.24) is 20.5 Å². The average molecular weight is 314 g/mol. The van der Waals surface area contributed by atoms with Gasteiger partial charge in [0.1, 0.15) is 5.60 Å². The topological polar surface area (TPSA) is 80.2 Å². The first-order valence-electron chi connectivity index (χ1n) is 6.86. The van der Waals surface area contributed by atoms with Gasteiger partial charge in [-0.2, -0.15) is 0 Å². The van der Waals surface area contributed by atoms with Crippen molar-refractivity contribution >= 4 is 23.6 Å². The van der Waals surface area contributed by atoms with Crippen LogP contribution in [0.2, 0.25) is 5.15 Å². The van der Waals surface area contributed by atoms with Crippen molar-refractivity contribution in [2.24, 2.45) is 0 Å². The third kappa shape index (κ3) is 4.42. The van der Waals surface area contributed by atoms with E-state index < -0.39 is 11.7 Å². The molecule has 7 nitrogen and oxygen atoms in total. The lowest BCUT2D eigenvalue weighted by Crippen LogP contribution is -2.40. The lowest BCUT2D eigenvalue weighted by Gasteiger charge is -2.22. The summed E-state index contributed by atoms with van der Waals surface area (Å²) in [5.41, 5.74) is 0.146. The van der Waals surface area contributed by atoms with E-state index in [1.165, 1.54) is 0 Å². The second kappa shape index (κ2) is 6.01. The first-order valence-corrected chi connectivity index (χ1v) is 7.23. The predicted molar refractivity (Wildman–Crippen MR) is 79.6 cm³/mol. The van der Waals surface area contributed by atoms with E-state index in [-0.39, 0.29) is 6.04 Å². The summed E-state index contributed by atoms with van der Waals surface area (Å²) in [4.78, 5) is 18.0. The maximum Gasteiger partial charge on any atom is 0.407 e. The lowest BCUT2D eigenvalue weighted by molar-refractivity contribution is 0.0509. The summed E-state index contributed by atoms with van der Waals surface area (Å²) in [5, 5.41) is 11.0. The van der Waals surface area contributed by atoms with Gasteiger partial charge in [-0.05, 0) is 34.1 Å². The third-order valence-corrected chi connectivity index (χ3v) is 3.33. The van der Waals surface area contributed by atoms with Gasteiger partial charge in [0.25, 0.3) is 0 Å². The standard InChI is InChI=1S/C13H20ClN5O2/c1-8-10(14)17-18-11(15-8)19-6-5-9(7-19)16-12(20)21-13(2,3)4/h9H,5-7H2,1-4H3,(H,16,20)/t9-/m0/s1. The first kappa shape index (κ1) is 15.8. The van der Waals surface area contributed by atoms with Gasteiger partial charge in [0, 0.05) is 13.1 Å². The monoisotopic (exact) mass is 313 g/mol. The van der Waals surface area contributed by atoms with Gasteiger partial charge in [0.05, 0.1) is 11.7 Å². The van der Waals surface area contributed by atoms with Gasteiger partial charge in [-0.15, -0.1) is 10.2 Å². The van der Waals surface area contributed by atoms with Crippen molar-refractivity contribution in [2.45, 2.75) is 45.8 Å². The number of carbonyl (C=O) groups is 1. The number of ether oxygens (including phenoxy) is 1. The number of nitrogens with zero attached hydrogens (tertiary/aromatic N) is 4. The van der Waals surface area contributed by atoms with Crippen LogP contribution < -0.4 is 10.2 Å². The van der Waals surface area contributed by atoms with E-state index >= 15 is 0 Å². The molecule has 8 heteroatoms. The number of alkyl carbamates (subject to hydrolysis) is 1. The number of hydrogen-bond acceptors (Lipinski definition) is 6. The molecule has 0 bridgehead atoms. The number of nitrogens with one attached hydrogen (secondary N) is 1. The molecule has 1 fully saturated rings. The second-order valence-corrected chi connectivity index (χ2v) is 6.42. The summed E-state index contributed by atoms with van der Waals surface area (Å²) in [6.45, 7) is 8.68. The molecule has 0 saturated carbocycles. The van der Waals surface area contributed by atoms with Crippen LogP contribution in [0.5, 0.6) is 0 Å². The molecule has 0 spiro atoms. The molecule has 1 aromatic rings. The molecule has 1 saturated heterocycles. The highest BCUT2D eigenvalue weighted by atomic mass is 35.5. The molecule has 21 heavy (non-hydrogen) atoms. The van der Waals surface area contributed by atoms with Gasteiger partial charge in [-0.3, -0.25) is 0 Å². The van der Waals surface area contributed by atoms with E-state index in [1.54, 1.807) is 6.92 Å². The molecular weight excluding hydrogens is 294 g/mol. The molecule has 0 radical (unpaired) electrons. The van der Waals surface area contributed by atoms with Crippen molar-refractivity contribution in [3.63, 3.8) is 0 Å². The van der Waals surface area contributed by atoms with Crippen LogP contribution in [0.1, 0.15) is 32.9 Å². The number of carbonyl (C=O) groups excluding carboxylic acids is 1. The van der Waals surface area contributed by atoms with E-state index in [4.69, 9.17) is 16.3 Å². The Kier molecular flexibility index (Phi) is 4.51. The highest BCUT2D eigenvalue weighted by Crippen LogP contribution is 2.18. The van der Waals surface area contributed by atoms with Crippen molar-refractivity contribution in [1.29, 1.82) is 0 Å². The number of aryl methyl sites for hydroxylation is 1. The van der Waals surface area contributed by atoms with Crippen molar-refractivity contribution in [3.8, 4) is 0 Å². The normalized spacial score (nSPS) is 18.7. The van der Waals surface area contributed by atoms with Crippen LogP contribution in [-0.2, 0) is 4.74 Å². The van der Waals surface area contributed by atoms with Gasteiger partial charge in [-0.25, -0.2) is 9.78 Å². The van der Waals surface area contributed by atoms with Crippen LogP contribution in [-0.4, -0.2) is 46.0 Å². The van der Waals surface area contributed by atoms with E-state index in [0.717, 1.165) is 13.0 Å². The number of aromatic nitrogens is 3. The fourth-order valence-corrected chi connectivity index (χ4v) is 2.13. The lowest BCUT2D eigenvalue weighted by atomic mass is 10.2. The summed E-state index contributed by atoms with van der Waals surface area (Å²) in [5.74, 6) is 0.533. The Morgan fingerprint density at radius 2 is 2.14 bits per heavy atom. The highest BCUT2D eigenvalue weighted by molar-refractivity contribution is 6.29. The summed E-state index contributed by atoms with van der Waals surface area (Å²) in [6, 6.07) is 0.0134. The average Bonchev–Trinajstić information content (AvgIpc) is 2.78. The minimum absolute atomic E-state index is 0.0134. The van der Waals surface area contributed by atoms with Crippen molar-refractivity contribution < 1.29 is 9.53 Å². The first-order chi connectivity index (χ1) is 9.74. The maximum atomic E-state index is 11.7. The van der Waals surface area contributed by atoms with Crippen LogP contribution in [0, 0.1) is 6.92 Å². The Balaban J connectivity index is 1.91. The SMILES string of the molecule is Cc1nc(N2CC[C@H](NC(=O)OC(C)(C)C)C2)nnc1Cl. The summed E-state index contributed by atoms with van der Waals surface area (Å²) < 4.78 is 5.25. The quantitative estimate of drug-likeness (QED) is 0.898. The molecule has 0 unspecified atom stereocenters. The molecule has 1 aliphatic heterocycles. The zero-order valence-electron chi connectivity index (χ0n) is 12.7. The number of anilines is 1. The van der Waals surface area contributed by atoms with Gasteiger partial charge in [0.2, 0.25) is 5.95 Å². The maximum absolute atomic E-state index is 11.7. The third-order valence-electron chi connectivity index (χ3n) is 2.99.